The highest BCUT2D eigenvalue weighted by atomic mass is 16.6. The molecule has 1 aromatic rings. The van der Waals surface area contributed by atoms with E-state index in [1.54, 1.807) is 7.05 Å². The van der Waals surface area contributed by atoms with Gasteiger partial charge in [-0.25, -0.2) is 4.79 Å². The van der Waals surface area contributed by atoms with E-state index < -0.39 is 23.4 Å². The number of nitrogens with zero attached hydrogens (tertiary/aromatic N) is 1. The van der Waals surface area contributed by atoms with Crippen LogP contribution in [0, 0.1) is 10.1 Å². The van der Waals surface area contributed by atoms with Crippen LogP contribution in [0.4, 0.5) is 11.4 Å². The van der Waals surface area contributed by atoms with Crippen LogP contribution in [0.1, 0.15) is 36.5 Å². The SMILES string of the molecule is CCCCCNC(=O)COC(=O)c1cc([N+](=O)[O-])ccc1NC. The molecule has 0 unspecified atom stereocenters. The summed E-state index contributed by atoms with van der Waals surface area (Å²) in [5.74, 6) is -1.19. The second-order valence-electron chi connectivity index (χ2n) is 4.87. The highest BCUT2D eigenvalue weighted by molar-refractivity contribution is 5.97. The summed E-state index contributed by atoms with van der Waals surface area (Å²) < 4.78 is 4.91. The van der Waals surface area contributed by atoms with Crippen LogP contribution in [0.5, 0.6) is 0 Å². The Morgan fingerprint density at radius 2 is 2.04 bits per heavy atom. The molecular formula is C15H21N3O5. The molecule has 0 aliphatic carbocycles. The van der Waals surface area contributed by atoms with Gasteiger partial charge in [0, 0.05) is 31.4 Å². The summed E-state index contributed by atoms with van der Waals surface area (Å²) in [5, 5.41) is 16.2. The molecule has 0 aromatic heterocycles. The van der Waals surface area contributed by atoms with Gasteiger partial charge in [0.15, 0.2) is 6.61 Å². The Morgan fingerprint density at radius 1 is 1.30 bits per heavy atom. The van der Waals surface area contributed by atoms with Crippen LogP contribution in [0.25, 0.3) is 0 Å². The number of hydrogen-bond acceptors (Lipinski definition) is 6. The lowest BCUT2D eigenvalue weighted by molar-refractivity contribution is -0.384. The molecule has 8 heteroatoms. The second kappa shape index (κ2) is 9.39. The maximum absolute atomic E-state index is 12.0. The van der Waals surface area contributed by atoms with Gasteiger partial charge in [-0.1, -0.05) is 19.8 Å². The molecule has 0 aliphatic heterocycles. The summed E-state index contributed by atoms with van der Waals surface area (Å²) in [7, 11) is 1.58. The van der Waals surface area contributed by atoms with E-state index in [0.717, 1.165) is 25.3 Å². The predicted molar refractivity (Wildman–Crippen MR) is 85.5 cm³/mol. The van der Waals surface area contributed by atoms with Gasteiger partial charge in [-0.3, -0.25) is 14.9 Å². The maximum atomic E-state index is 12.0. The van der Waals surface area contributed by atoms with Gasteiger partial charge < -0.3 is 15.4 Å². The Balaban J connectivity index is 2.61. The molecule has 0 atom stereocenters. The predicted octanol–water partition coefficient (Wildman–Crippen LogP) is 2.10. The number of benzene rings is 1. The lowest BCUT2D eigenvalue weighted by atomic mass is 10.1. The number of carbonyl (C=O) groups is 2. The summed E-state index contributed by atoms with van der Waals surface area (Å²) in [6.45, 7) is 2.17. The summed E-state index contributed by atoms with van der Waals surface area (Å²) >= 11 is 0. The minimum absolute atomic E-state index is 0.0143. The van der Waals surface area contributed by atoms with Gasteiger partial charge >= 0.3 is 5.97 Å². The maximum Gasteiger partial charge on any atom is 0.341 e. The number of nitro groups is 1. The van der Waals surface area contributed by atoms with Crippen molar-refractivity contribution in [3.8, 4) is 0 Å². The van der Waals surface area contributed by atoms with E-state index in [1.807, 2.05) is 0 Å². The molecule has 8 nitrogen and oxygen atoms in total. The minimum Gasteiger partial charge on any atom is -0.452 e. The molecule has 0 saturated carbocycles. The zero-order chi connectivity index (χ0) is 17.2. The zero-order valence-electron chi connectivity index (χ0n) is 13.3. The van der Waals surface area contributed by atoms with E-state index >= 15 is 0 Å². The average Bonchev–Trinajstić information content (AvgIpc) is 2.55. The fourth-order valence-electron chi connectivity index (χ4n) is 1.90. The van der Waals surface area contributed by atoms with Crippen molar-refractivity contribution in [1.29, 1.82) is 0 Å². The standard InChI is InChI=1S/C15H21N3O5/c1-3-4-5-8-17-14(19)10-23-15(20)12-9-11(18(21)22)6-7-13(12)16-2/h6-7,9,16H,3-5,8,10H2,1-2H3,(H,17,19). The fraction of sp³-hybridized carbons (Fsp3) is 0.467. The number of esters is 1. The number of nitro benzene ring substituents is 1. The van der Waals surface area contributed by atoms with Crippen LogP contribution in [0.3, 0.4) is 0 Å². The van der Waals surface area contributed by atoms with Crippen LogP contribution in [-0.4, -0.2) is 37.0 Å². The van der Waals surface area contributed by atoms with E-state index in [9.17, 15) is 19.7 Å². The van der Waals surface area contributed by atoms with Crippen LogP contribution < -0.4 is 10.6 Å². The van der Waals surface area contributed by atoms with Crippen molar-refractivity contribution in [2.45, 2.75) is 26.2 Å². The molecule has 1 rings (SSSR count). The normalized spacial score (nSPS) is 10.0. The van der Waals surface area contributed by atoms with E-state index in [-0.39, 0.29) is 11.3 Å². The van der Waals surface area contributed by atoms with Crippen molar-refractivity contribution in [2.75, 3.05) is 25.5 Å². The molecule has 0 heterocycles. The quantitative estimate of drug-likeness (QED) is 0.311. The monoisotopic (exact) mass is 323 g/mol. The molecule has 1 amide bonds. The first kappa shape index (κ1) is 18.4. The van der Waals surface area contributed by atoms with Gasteiger partial charge in [-0.05, 0) is 12.5 Å². The Bertz CT molecular complexity index is 574. The molecule has 0 spiro atoms. The molecular weight excluding hydrogens is 302 g/mol. The van der Waals surface area contributed by atoms with Crippen molar-refractivity contribution < 1.29 is 19.2 Å². The number of rotatable bonds is 9. The van der Waals surface area contributed by atoms with Crippen molar-refractivity contribution in [3.05, 3.63) is 33.9 Å². The first-order valence-electron chi connectivity index (χ1n) is 7.39. The van der Waals surface area contributed by atoms with Gasteiger partial charge in [0.25, 0.3) is 11.6 Å². The highest BCUT2D eigenvalue weighted by Gasteiger charge is 2.18. The van der Waals surface area contributed by atoms with Crippen molar-refractivity contribution in [2.24, 2.45) is 0 Å². The molecule has 0 saturated heterocycles. The Kier molecular flexibility index (Phi) is 7.52. The van der Waals surface area contributed by atoms with Gasteiger partial charge in [-0.2, -0.15) is 0 Å². The largest absolute Gasteiger partial charge is 0.452 e. The second-order valence-corrected chi connectivity index (χ2v) is 4.87. The first-order valence-corrected chi connectivity index (χ1v) is 7.39. The van der Waals surface area contributed by atoms with E-state index in [2.05, 4.69) is 17.6 Å². The van der Waals surface area contributed by atoms with E-state index in [1.165, 1.54) is 12.1 Å². The third-order valence-corrected chi connectivity index (χ3v) is 3.14. The van der Waals surface area contributed by atoms with Crippen LogP contribution in [-0.2, 0) is 9.53 Å². The molecule has 23 heavy (non-hydrogen) atoms. The number of nitrogens with one attached hydrogen (secondary N) is 2. The third kappa shape index (κ3) is 5.93. The highest BCUT2D eigenvalue weighted by Crippen LogP contribution is 2.22. The average molecular weight is 323 g/mol. The Morgan fingerprint density at radius 3 is 2.65 bits per heavy atom. The number of unbranched alkanes of at least 4 members (excludes halogenated alkanes) is 2. The first-order chi connectivity index (χ1) is 11.0. The molecule has 1 aromatic carbocycles. The Hall–Kier alpha value is -2.64. The van der Waals surface area contributed by atoms with Crippen molar-refractivity contribution in [3.63, 3.8) is 0 Å². The van der Waals surface area contributed by atoms with E-state index in [4.69, 9.17) is 4.74 Å². The number of amides is 1. The van der Waals surface area contributed by atoms with Crippen LogP contribution in [0.2, 0.25) is 0 Å². The summed E-state index contributed by atoms with van der Waals surface area (Å²) in [6, 6.07) is 3.82. The molecule has 0 radical (unpaired) electrons. The lowest BCUT2D eigenvalue weighted by Crippen LogP contribution is -2.29. The molecule has 0 fully saturated rings. The topological polar surface area (TPSA) is 111 Å². The van der Waals surface area contributed by atoms with Crippen molar-refractivity contribution in [1.82, 2.24) is 5.32 Å². The molecule has 0 bridgehead atoms. The molecule has 0 aliphatic rings. The smallest absolute Gasteiger partial charge is 0.341 e. The third-order valence-electron chi connectivity index (χ3n) is 3.14. The summed E-state index contributed by atoms with van der Waals surface area (Å²) in [4.78, 5) is 33.8. The number of carbonyl (C=O) groups excluding carboxylic acids is 2. The number of ether oxygens (including phenoxy) is 1. The number of hydrogen-bond donors (Lipinski definition) is 2. The Labute approximate surface area is 134 Å². The zero-order valence-corrected chi connectivity index (χ0v) is 13.3. The summed E-state index contributed by atoms with van der Waals surface area (Å²) in [5.41, 5.74) is 0.185. The van der Waals surface area contributed by atoms with Gasteiger partial charge in [0.05, 0.1) is 10.5 Å². The molecule has 2 N–H and O–H groups in total. The molecule has 126 valence electrons. The van der Waals surface area contributed by atoms with Crippen molar-refractivity contribution >= 4 is 23.3 Å². The van der Waals surface area contributed by atoms with Crippen LogP contribution in [0.15, 0.2) is 18.2 Å². The number of anilines is 1. The summed E-state index contributed by atoms with van der Waals surface area (Å²) in [6.07, 6.45) is 2.93. The van der Waals surface area contributed by atoms with Gasteiger partial charge in [0.2, 0.25) is 0 Å². The van der Waals surface area contributed by atoms with Gasteiger partial charge in [-0.15, -0.1) is 0 Å². The van der Waals surface area contributed by atoms with Gasteiger partial charge in [0.1, 0.15) is 0 Å². The minimum atomic E-state index is -0.790. The van der Waals surface area contributed by atoms with E-state index in [0.29, 0.717) is 12.2 Å². The lowest BCUT2D eigenvalue weighted by Gasteiger charge is -2.09. The number of non-ortho nitro benzene ring substituents is 1. The fourth-order valence-corrected chi connectivity index (χ4v) is 1.90. The van der Waals surface area contributed by atoms with Crippen LogP contribution >= 0.6 is 0 Å².